The average Bonchev–Trinajstić information content (AvgIpc) is 2.37. The van der Waals surface area contributed by atoms with E-state index in [2.05, 4.69) is 0 Å². The van der Waals surface area contributed by atoms with Crippen LogP contribution in [-0.2, 0) is 11.2 Å². The van der Waals surface area contributed by atoms with Gasteiger partial charge in [0.25, 0.3) is 0 Å². The van der Waals surface area contributed by atoms with Gasteiger partial charge in [0.1, 0.15) is 11.6 Å². The summed E-state index contributed by atoms with van der Waals surface area (Å²) < 4.78 is 74.4. The van der Waals surface area contributed by atoms with Crippen molar-refractivity contribution in [2.75, 3.05) is 5.75 Å². The van der Waals surface area contributed by atoms with Crippen LogP contribution in [0.5, 0.6) is 0 Å². The molecule has 0 aliphatic carbocycles. The molecule has 0 spiro atoms. The number of ketones is 1. The van der Waals surface area contributed by atoms with Gasteiger partial charge in [-0.05, 0) is 30.2 Å². The summed E-state index contributed by atoms with van der Waals surface area (Å²) in [6.07, 6.45) is -8.39. The maximum absolute atomic E-state index is 13.7. The van der Waals surface area contributed by atoms with E-state index in [1.54, 1.807) is 0 Å². The van der Waals surface area contributed by atoms with Crippen LogP contribution in [0.4, 0.5) is 26.3 Å². The summed E-state index contributed by atoms with van der Waals surface area (Å²) in [5.74, 6) is -2.42. The molecule has 22 heavy (non-hydrogen) atoms. The molecule has 1 aromatic rings. The topological polar surface area (TPSA) is 17.1 Å². The Labute approximate surface area is 128 Å². The maximum atomic E-state index is 13.7. The second kappa shape index (κ2) is 7.89. The number of aryl methyl sites for hydroxylation is 1. The molecule has 124 valence electrons. The first-order chi connectivity index (χ1) is 10.1. The quantitative estimate of drug-likeness (QED) is 0.514. The molecule has 0 unspecified atom stereocenters. The summed E-state index contributed by atoms with van der Waals surface area (Å²) in [4.78, 5) is 11.7. The number of carbonyl (C=O) groups is 1. The van der Waals surface area contributed by atoms with Crippen LogP contribution in [0, 0.1) is 12.7 Å². The molecular formula is C14H14F6OS. The van der Waals surface area contributed by atoms with Crippen LogP contribution >= 0.6 is 11.8 Å². The Hall–Kier alpha value is -1.18. The number of carbonyl (C=O) groups excluding carboxylic acids is 1. The lowest BCUT2D eigenvalue weighted by molar-refractivity contribution is -0.119. The zero-order valence-electron chi connectivity index (χ0n) is 11.6. The Kier molecular flexibility index (Phi) is 6.77. The molecule has 0 aromatic heterocycles. The summed E-state index contributed by atoms with van der Waals surface area (Å²) in [6.45, 7) is 1.46. The van der Waals surface area contributed by atoms with Crippen LogP contribution in [0.2, 0.25) is 0 Å². The molecule has 1 nitrogen and oxygen atoms in total. The maximum Gasteiger partial charge on any atom is 0.398 e. The highest BCUT2D eigenvalue weighted by Gasteiger charge is 2.27. The summed E-state index contributed by atoms with van der Waals surface area (Å²) in [7, 11) is 0. The zero-order valence-corrected chi connectivity index (χ0v) is 12.5. The van der Waals surface area contributed by atoms with E-state index in [9.17, 15) is 31.1 Å². The fourth-order valence-corrected chi connectivity index (χ4v) is 2.55. The highest BCUT2D eigenvalue weighted by atomic mass is 32.2. The van der Waals surface area contributed by atoms with Crippen molar-refractivity contribution in [3.05, 3.63) is 29.1 Å². The van der Waals surface area contributed by atoms with Gasteiger partial charge < -0.3 is 0 Å². The van der Waals surface area contributed by atoms with Crippen molar-refractivity contribution in [1.82, 2.24) is 0 Å². The van der Waals surface area contributed by atoms with E-state index in [0.29, 0.717) is 17.3 Å². The van der Waals surface area contributed by atoms with Gasteiger partial charge >= 0.3 is 6.18 Å². The lowest BCUT2D eigenvalue weighted by Crippen LogP contribution is -2.11. The second-order valence-corrected chi connectivity index (χ2v) is 5.78. The predicted molar refractivity (Wildman–Crippen MR) is 71.9 cm³/mol. The van der Waals surface area contributed by atoms with Gasteiger partial charge in [-0.3, -0.25) is 4.79 Å². The average molecular weight is 344 g/mol. The largest absolute Gasteiger partial charge is 0.398 e. The smallest absolute Gasteiger partial charge is 0.299 e. The van der Waals surface area contributed by atoms with Crippen molar-refractivity contribution in [3.8, 4) is 0 Å². The van der Waals surface area contributed by atoms with Crippen LogP contribution in [0.25, 0.3) is 0 Å². The van der Waals surface area contributed by atoms with Crippen LogP contribution in [0.15, 0.2) is 17.0 Å². The number of thioether (sulfide) groups is 1. The van der Waals surface area contributed by atoms with Crippen molar-refractivity contribution >= 4 is 17.5 Å². The van der Waals surface area contributed by atoms with E-state index in [1.165, 1.54) is 13.0 Å². The first-order valence-electron chi connectivity index (χ1n) is 6.37. The van der Waals surface area contributed by atoms with Gasteiger partial charge in [-0.25, -0.2) is 13.2 Å². The summed E-state index contributed by atoms with van der Waals surface area (Å²) in [6, 6.07) is 2.23. The third-order valence-corrected chi connectivity index (χ3v) is 3.99. The molecule has 0 N–H and O–H groups in total. The van der Waals surface area contributed by atoms with E-state index >= 15 is 0 Å². The molecule has 0 atom stereocenters. The fraction of sp³-hybridized carbons (Fsp3) is 0.500. The number of Topliss-reactive ketones (excluding diaryl/α,β-unsaturated/α-hetero) is 1. The number of hydrogen-bond acceptors (Lipinski definition) is 2. The van der Waals surface area contributed by atoms with E-state index in [0.717, 1.165) is 6.07 Å². The molecular weight excluding hydrogens is 330 g/mol. The highest BCUT2D eigenvalue weighted by molar-refractivity contribution is 7.99. The van der Waals surface area contributed by atoms with E-state index in [-0.39, 0.29) is 10.5 Å². The van der Waals surface area contributed by atoms with Crippen molar-refractivity contribution in [2.24, 2.45) is 0 Å². The molecule has 0 bridgehead atoms. The number of alkyl halides is 5. The van der Waals surface area contributed by atoms with Gasteiger partial charge in [0.15, 0.2) is 0 Å². The van der Waals surface area contributed by atoms with Crippen molar-refractivity contribution in [1.29, 1.82) is 0 Å². The van der Waals surface area contributed by atoms with Crippen LogP contribution in [-0.4, -0.2) is 24.1 Å². The molecule has 0 radical (unpaired) electrons. The molecule has 1 rings (SSSR count). The monoisotopic (exact) mass is 344 g/mol. The zero-order chi connectivity index (χ0) is 16.9. The molecule has 1 aromatic carbocycles. The molecule has 0 aliphatic heterocycles. The fourth-order valence-electron chi connectivity index (χ4n) is 1.72. The number of halogens is 6. The lowest BCUT2D eigenvalue weighted by atomic mass is 10.0. The summed E-state index contributed by atoms with van der Waals surface area (Å²) >= 11 is 0.499. The van der Waals surface area contributed by atoms with E-state index < -0.39 is 49.2 Å². The van der Waals surface area contributed by atoms with Crippen LogP contribution in [0.1, 0.15) is 24.0 Å². The van der Waals surface area contributed by atoms with Crippen LogP contribution in [0.3, 0.4) is 0 Å². The number of rotatable bonds is 7. The highest BCUT2D eigenvalue weighted by Crippen LogP contribution is 2.31. The van der Waals surface area contributed by atoms with Crippen molar-refractivity contribution < 1.29 is 31.1 Å². The van der Waals surface area contributed by atoms with Gasteiger partial charge in [-0.15, -0.1) is 11.8 Å². The Morgan fingerprint density at radius 1 is 1.27 bits per heavy atom. The summed E-state index contributed by atoms with van der Waals surface area (Å²) in [5.41, 5.74) is 0.255. The minimum Gasteiger partial charge on any atom is -0.299 e. The Bertz CT molecular complexity index is 527. The Morgan fingerprint density at radius 3 is 2.45 bits per heavy atom. The molecule has 0 heterocycles. The first kappa shape index (κ1) is 18.9. The van der Waals surface area contributed by atoms with E-state index in [4.69, 9.17) is 0 Å². The molecule has 8 heteroatoms. The third kappa shape index (κ3) is 6.72. The SMILES string of the molecule is Cc1cc(F)c(CC(=O)CCC(F)F)cc1SCC(F)(F)F. The second-order valence-electron chi connectivity index (χ2n) is 4.76. The first-order valence-corrected chi connectivity index (χ1v) is 7.35. The lowest BCUT2D eigenvalue weighted by Gasteiger charge is -2.11. The van der Waals surface area contributed by atoms with Gasteiger partial charge in [-0.2, -0.15) is 13.2 Å². The predicted octanol–water partition coefficient (Wildman–Crippen LogP) is 4.95. The standard InChI is InChI=1S/C14H14F6OS/c1-8-4-11(15)9(5-10(21)2-3-13(16)17)6-12(8)22-7-14(18,19)20/h4,6,13H,2-3,5,7H2,1H3. The van der Waals surface area contributed by atoms with Crippen LogP contribution < -0.4 is 0 Å². The Morgan fingerprint density at radius 2 is 1.91 bits per heavy atom. The normalized spacial score (nSPS) is 12.0. The van der Waals surface area contributed by atoms with Crippen molar-refractivity contribution in [3.63, 3.8) is 0 Å². The van der Waals surface area contributed by atoms with Gasteiger partial charge in [0, 0.05) is 24.2 Å². The van der Waals surface area contributed by atoms with E-state index in [1.807, 2.05) is 0 Å². The molecule has 0 amide bonds. The molecule has 0 aliphatic rings. The summed E-state index contributed by atoms with van der Waals surface area (Å²) in [5, 5.41) is 0. The van der Waals surface area contributed by atoms with Gasteiger partial charge in [0.05, 0.1) is 5.75 Å². The van der Waals surface area contributed by atoms with Gasteiger partial charge in [0.2, 0.25) is 6.43 Å². The molecule has 0 saturated carbocycles. The number of benzene rings is 1. The van der Waals surface area contributed by atoms with Gasteiger partial charge in [-0.1, -0.05) is 0 Å². The van der Waals surface area contributed by atoms with Crippen molar-refractivity contribution in [2.45, 2.75) is 43.7 Å². The number of hydrogen-bond donors (Lipinski definition) is 0. The molecule has 0 saturated heterocycles. The third-order valence-electron chi connectivity index (χ3n) is 2.76. The molecule has 0 fully saturated rings. The minimum atomic E-state index is -4.36. The Balaban J connectivity index is 2.80. The minimum absolute atomic E-state index is 0.0745.